The van der Waals surface area contributed by atoms with E-state index in [1.807, 2.05) is 30.5 Å². The molecule has 3 rings (SSSR count). The second-order valence-corrected chi connectivity index (χ2v) is 4.79. The standard InChI is InChI=1S/C14H17N3O.ClH/c18-14(9-10-3-2-7-15-10)17-13-5-1-4-12-11(13)6-8-16-12;/h1,4-6,8,10,15-16H,2-3,7,9H2,(H,17,18);1H. The molecule has 5 heteroatoms. The lowest BCUT2D eigenvalue weighted by Gasteiger charge is -2.11. The Hall–Kier alpha value is -1.52. The Morgan fingerprint density at radius 1 is 1.37 bits per heavy atom. The van der Waals surface area contributed by atoms with Gasteiger partial charge in [-0.2, -0.15) is 0 Å². The summed E-state index contributed by atoms with van der Waals surface area (Å²) in [7, 11) is 0. The van der Waals surface area contributed by atoms with E-state index in [-0.39, 0.29) is 18.3 Å². The van der Waals surface area contributed by atoms with Crippen molar-refractivity contribution in [2.75, 3.05) is 11.9 Å². The number of H-pyrrole nitrogens is 1. The summed E-state index contributed by atoms with van der Waals surface area (Å²) in [5.74, 6) is 0.0862. The average Bonchev–Trinajstić information content (AvgIpc) is 2.99. The van der Waals surface area contributed by atoms with Crippen LogP contribution in [0.4, 0.5) is 5.69 Å². The van der Waals surface area contributed by atoms with E-state index in [0.717, 1.165) is 29.6 Å². The van der Waals surface area contributed by atoms with Crippen molar-refractivity contribution >= 4 is 34.9 Å². The third kappa shape index (κ3) is 3.08. The molecule has 0 saturated carbocycles. The van der Waals surface area contributed by atoms with E-state index in [0.29, 0.717) is 12.5 Å². The van der Waals surface area contributed by atoms with Gasteiger partial charge in [-0.15, -0.1) is 12.4 Å². The lowest BCUT2D eigenvalue weighted by molar-refractivity contribution is -0.116. The van der Waals surface area contributed by atoms with E-state index in [4.69, 9.17) is 0 Å². The third-order valence-electron chi connectivity index (χ3n) is 3.46. The van der Waals surface area contributed by atoms with Crippen LogP contribution in [0.5, 0.6) is 0 Å². The fraction of sp³-hybridized carbons (Fsp3) is 0.357. The molecular formula is C14H18ClN3O. The number of rotatable bonds is 3. The van der Waals surface area contributed by atoms with Gasteiger partial charge in [-0.05, 0) is 37.6 Å². The minimum atomic E-state index is 0. The summed E-state index contributed by atoms with van der Waals surface area (Å²) < 4.78 is 0. The second kappa shape index (κ2) is 6.08. The Bertz CT molecular complexity index is 561. The number of nitrogens with one attached hydrogen (secondary N) is 3. The molecule has 1 aliphatic rings. The van der Waals surface area contributed by atoms with Crippen LogP contribution < -0.4 is 10.6 Å². The van der Waals surface area contributed by atoms with Crippen LogP contribution >= 0.6 is 12.4 Å². The second-order valence-electron chi connectivity index (χ2n) is 4.79. The minimum Gasteiger partial charge on any atom is -0.361 e. The summed E-state index contributed by atoms with van der Waals surface area (Å²) in [6.45, 7) is 1.03. The molecule has 1 aromatic heterocycles. The number of amides is 1. The Morgan fingerprint density at radius 2 is 2.26 bits per heavy atom. The SMILES string of the molecule is Cl.O=C(CC1CCCN1)Nc1cccc2[nH]ccc12. The van der Waals surface area contributed by atoms with Crippen LogP contribution in [0, 0.1) is 0 Å². The molecule has 0 bridgehead atoms. The van der Waals surface area contributed by atoms with Gasteiger partial charge in [-0.1, -0.05) is 6.07 Å². The van der Waals surface area contributed by atoms with Gasteiger partial charge in [0.15, 0.2) is 0 Å². The van der Waals surface area contributed by atoms with Crippen molar-refractivity contribution in [1.82, 2.24) is 10.3 Å². The first-order valence-corrected chi connectivity index (χ1v) is 6.42. The van der Waals surface area contributed by atoms with E-state index >= 15 is 0 Å². The molecule has 0 aliphatic carbocycles. The van der Waals surface area contributed by atoms with Crippen LogP contribution in [-0.2, 0) is 4.79 Å². The van der Waals surface area contributed by atoms with E-state index < -0.39 is 0 Å². The van der Waals surface area contributed by atoms with Crippen LogP contribution in [0.1, 0.15) is 19.3 Å². The van der Waals surface area contributed by atoms with Gasteiger partial charge in [0.05, 0.1) is 5.69 Å². The number of hydrogen-bond donors (Lipinski definition) is 3. The molecule has 2 aromatic rings. The number of halogens is 1. The van der Waals surface area contributed by atoms with Crippen LogP contribution in [0.25, 0.3) is 10.9 Å². The summed E-state index contributed by atoms with van der Waals surface area (Å²) >= 11 is 0. The van der Waals surface area contributed by atoms with Crippen LogP contribution in [0.15, 0.2) is 30.5 Å². The van der Waals surface area contributed by atoms with Crippen LogP contribution in [-0.4, -0.2) is 23.5 Å². The number of carbonyl (C=O) groups excluding carboxylic acids is 1. The molecule has 1 unspecified atom stereocenters. The smallest absolute Gasteiger partial charge is 0.225 e. The van der Waals surface area contributed by atoms with E-state index in [1.54, 1.807) is 0 Å². The van der Waals surface area contributed by atoms with Crippen molar-refractivity contribution in [3.8, 4) is 0 Å². The molecule has 4 nitrogen and oxygen atoms in total. The highest BCUT2D eigenvalue weighted by Gasteiger charge is 2.17. The zero-order valence-corrected chi connectivity index (χ0v) is 11.4. The number of aromatic amines is 1. The number of fused-ring (bicyclic) bond motifs is 1. The third-order valence-corrected chi connectivity index (χ3v) is 3.46. The lowest BCUT2D eigenvalue weighted by atomic mass is 10.1. The van der Waals surface area contributed by atoms with Crippen molar-refractivity contribution in [3.63, 3.8) is 0 Å². The molecule has 19 heavy (non-hydrogen) atoms. The highest BCUT2D eigenvalue weighted by atomic mass is 35.5. The summed E-state index contributed by atoms with van der Waals surface area (Å²) in [5.41, 5.74) is 1.93. The molecule has 102 valence electrons. The topological polar surface area (TPSA) is 56.9 Å². The Labute approximate surface area is 118 Å². The van der Waals surface area contributed by atoms with Crippen molar-refractivity contribution < 1.29 is 4.79 Å². The monoisotopic (exact) mass is 279 g/mol. The molecule has 0 radical (unpaired) electrons. The fourth-order valence-electron chi connectivity index (χ4n) is 2.55. The van der Waals surface area contributed by atoms with E-state index in [1.165, 1.54) is 6.42 Å². The molecular weight excluding hydrogens is 262 g/mol. The molecule has 0 spiro atoms. The number of hydrogen-bond acceptors (Lipinski definition) is 2. The van der Waals surface area contributed by atoms with Gasteiger partial charge in [0.25, 0.3) is 0 Å². The van der Waals surface area contributed by atoms with Gasteiger partial charge in [0.2, 0.25) is 5.91 Å². The highest BCUT2D eigenvalue weighted by molar-refractivity contribution is 6.01. The van der Waals surface area contributed by atoms with E-state index in [2.05, 4.69) is 15.6 Å². The molecule has 3 N–H and O–H groups in total. The summed E-state index contributed by atoms with van der Waals surface area (Å²) in [4.78, 5) is 15.1. The summed E-state index contributed by atoms with van der Waals surface area (Å²) in [5, 5.41) is 7.40. The molecule has 1 saturated heterocycles. The van der Waals surface area contributed by atoms with Crippen molar-refractivity contribution in [1.29, 1.82) is 0 Å². The normalized spacial score (nSPS) is 18.2. The maximum atomic E-state index is 12.0. The minimum absolute atomic E-state index is 0. The summed E-state index contributed by atoms with van der Waals surface area (Å²) in [6.07, 6.45) is 4.72. The molecule has 2 heterocycles. The first-order valence-electron chi connectivity index (χ1n) is 6.42. The van der Waals surface area contributed by atoms with Gasteiger partial charge in [0, 0.05) is 29.6 Å². The van der Waals surface area contributed by atoms with Crippen molar-refractivity contribution in [3.05, 3.63) is 30.5 Å². The Morgan fingerprint density at radius 3 is 3.05 bits per heavy atom. The first-order chi connectivity index (χ1) is 8.83. The molecule has 1 aliphatic heterocycles. The van der Waals surface area contributed by atoms with Gasteiger partial charge >= 0.3 is 0 Å². The van der Waals surface area contributed by atoms with Gasteiger partial charge in [-0.3, -0.25) is 4.79 Å². The largest absolute Gasteiger partial charge is 0.361 e. The van der Waals surface area contributed by atoms with E-state index in [9.17, 15) is 4.79 Å². The predicted octanol–water partition coefficient (Wildman–Crippen LogP) is 2.67. The van der Waals surface area contributed by atoms with Gasteiger partial charge < -0.3 is 15.6 Å². The van der Waals surface area contributed by atoms with Crippen LogP contribution in [0.2, 0.25) is 0 Å². The van der Waals surface area contributed by atoms with Crippen molar-refractivity contribution in [2.45, 2.75) is 25.3 Å². The number of carbonyl (C=O) groups is 1. The quantitative estimate of drug-likeness (QED) is 0.809. The molecule has 1 aromatic carbocycles. The Kier molecular flexibility index (Phi) is 4.45. The van der Waals surface area contributed by atoms with Gasteiger partial charge in [0.1, 0.15) is 0 Å². The summed E-state index contributed by atoms with van der Waals surface area (Å²) in [6, 6.07) is 8.22. The Balaban J connectivity index is 0.00000133. The molecule has 1 fully saturated rings. The fourth-order valence-corrected chi connectivity index (χ4v) is 2.55. The zero-order chi connectivity index (χ0) is 12.4. The van der Waals surface area contributed by atoms with Crippen LogP contribution in [0.3, 0.4) is 0 Å². The van der Waals surface area contributed by atoms with Crippen molar-refractivity contribution in [2.24, 2.45) is 0 Å². The maximum absolute atomic E-state index is 12.0. The highest BCUT2D eigenvalue weighted by Crippen LogP contribution is 2.22. The number of anilines is 1. The molecule has 1 amide bonds. The number of aromatic nitrogens is 1. The lowest BCUT2D eigenvalue weighted by Crippen LogP contribution is -2.27. The number of benzene rings is 1. The zero-order valence-electron chi connectivity index (χ0n) is 10.6. The van der Waals surface area contributed by atoms with Gasteiger partial charge in [-0.25, -0.2) is 0 Å². The average molecular weight is 280 g/mol. The first kappa shape index (κ1) is 13.9. The predicted molar refractivity (Wildman–Crippen MR) is 79.8 cm³/mol. The molecule has 1 atom stereocenters. The maximum Gasteiger partial charge on any atom is 0.225 e.